The molecule has 74 valence electrons. The van der Waals surface area contributed by atoms with Crippen molar-refractivity contribution in [3.8, 4) is 0 Å². The van der Waals surface area contributed by atoms with Gasteiger partial charge in [-0.05, 0) is 21.5 Å². The molecule has 0 aliphatic heterocycles. The molecule has 4 atom stereocenters. The Hall–Kier alpha value is -0.820. The lowest BCUT2D eigenvalue weighted by Gasteiger charge is -2.50. The van der Waals surface area contributed by atoms with Gasteiger partial charge in [-0.3, -0.25) is 0 Å². The van der Waals surface area contributed by atoms with E-state index in [0.29, 0.717) is 11.8 Å². The van der Waals surface area contributed by atoms with Crippen LogP contribution < -0.4 is 0 Å². The SMILES string of the molecule is BrC1=C[C@@H]2[C@H]1[C@@H]1C=C[C@H]2c2ccccc21. The maximum absolute atomic E-state index is 3.68. The molecule has 0 aromatic heterocycles. The minimum Gasteiger partial charge on any atom is -0.0797 e. The maximum atomic E-state index is 3.68. The van der Waals surface area contributed by atoms with Gasteiger partial charge in [0.05, 0.1) is 0 Å². The van der Waals surface area contributed by atoms with E-state index in [-0.39, 0.29) is 0 Å². The van der Waals surface area contributed by atoms with Crippen LogP contribution in [0.15, 0.2) is 47.0 Å². The van der Waals surface area contributed by atoms with Gasteiger partial charge in [-0.2, -0.15) is 0 Å². The molecular weight excluding hydrogens is 248 g/mol. The molecule has 4 aliphatic rings. The molecule has 0 radical (unpaired) electrons. The smallest absolute Gasteiger partial charge is 0.0101 e. The lowest BCUT2D eigenvalue weighted by atomic mass is 9.55. The molecule has 0 nitrogen and oxygen atoms in total. The monoisotopic (exact) mass is 258 g/mol. The first-order valence-electron chi connectivity index (χ1n) is 5.50. The summed E-state index contributed by atoms with van der Waals surface area (Å²) in [6.45, 7) is 0. The Morgan fingerprint density at radius 3 is 2.33 bits per heavy atom. The fourth-order valence-electron chi connectivity index (χ4n) is 3.42. The molecule has 1 aromatic carbocycles. The highest BCUT2D eigenvalue weighted by atomic mass is 79.9. The van der Waals surface area contributed by atoms with Crippen LogP contribution in [0.4, 0.5) is 0 Å². The van der Waals surface area contributed by atoms with Crippen molar-refractivity contribution in [1.29, 1.82) is 0 Å². The molecule has 0 saturated heterocycles. The number of rotatable bonds is 0. The largest absolute Gasteiger partial charge is 0.0797 e. The standard InChI is InChI=1S/C14H11Br/c15-13-7-12-10-5-6-11(14(12)13)9-4-2-1-3-8(9)10/h1-7,10-12,14H/t10-,11+,12-,14+/m0/s1. The quantitative estimate of drug-likeness (QED) is 0.618. The Morgan fingerprint density at radius 1 is 0.933 bits per heavy atom. The van der Waals surface area contributed by atoms with Crippen LogP contribution in [-0.2, 0) is 0 Å². The summed E-state index contributed by atoms with van der Waals surface area (Å²) in [5, 5.41) is 0. The van der Waals surface area contributed by atoms with Gasteiger partial charge < -0.3 is 0 Å². The third-order valence-electron chi connectivity index (χ3n) is 4.13. The molecule has 4 aliphatic carbocycles. The molecule has 2 bridgehead atoms. The summed E-state index contributed by atoms with van der Waals surface area (Å²) in [6, 6.07) is 8.93. The third-order valence-corrected chi connectivity index (χ3v) is 4.92. The van der Waals surface area contributed by atoms with Crippen LogP contribution in [0, 0.1) is 11.8 Å². The van der Waals surface area contributed by atoms with Gasteiger partial charge in [0.1, 0.15) is 0 Å². The molecule has 0 unspecified atom stereocenters. The molecule has 0 spiro atoms. The van der Waals surface area contributed by atoms with Crippen LogP contribution in [0.2, 0.25) is 0 Å². The van der Waals surface area contributed by atoms with Crippen molar-refractivity contribution < 1.29 is 0 Å². The second kappa shape index (κ2) is 2.65. The molecule has 0 saturated carbocycles. The fourth-order valence-corrected chi connectivity index (χ4v) is 4.31. The molecule has 1 aromatic rings. The first-order valence-corrected chi connectivity index (χ1v) is 6.30. The normalized spacial score (nSPS) is 39.1. The van der Waals surface area contributed by atoms with Crippen molar-refractivity contribution in [2.75, 3.05) is 0 Å². The van der Waals surface area contributed by atoms with Crippen molar-refractivity contribution in [3.05, 3.63) is 58.1 Å². The highest BCUT2D eigenvalue weighted by molar-refractivity contribution is 9.11. The van der Waals surface area contributed by atoms with Crippen molar-refractivity contribution in [2.24, 2.45) is 11.8 Å². The van der Waals surface area contributed by atoms with Gasteiger partial charge >= 0.3 is 0 Å². The van der Waals surface area contributed by atoms with Crippen molar-refractivity contribution in [3.63, 3.8) is 0 Å². The summed E-state index contributed by atoms with van der Waals surface area (Å²) < 4.78 is 1.42. The number of hydrogen-bond acceptors (Lipinski definition) is 0. The Balaban J connectivity index is 1.96. The van der Waals surface area contributed by atoms with Crippen LogP contribution in [0.5, 0.6) is 0 Å². The van der Waals surface area contributed by atoms with E-state index in [1.54, 1.807) is 11.1 Å². The maximum Gasteiger partial charge on any atom is 0.0101 e. The summed E-state index contributed by atoms with van der Waals surface area (Å²) in [6.07, 6.45) is 7.20. The van der Waals surface area contributed by atoms with Crippen LogP contribution >= 0.6 is 15.9 Å². The number of hydrogen-bond donors (Lipinski definition) is 0. The Labute approximate surface area is 97.8 Å². The Kier molecular flexibility index (Phi) is 1.47. The average Bonchev–Trinajstić information content (AvgIpc) is 2.27. The number of benzene rings is 1. The van der Waals surface area contributed by atoms with E-state index in [1.165, 1.54) is 4.48 Å². The zero-order valence-corrected chi connectivity index (χ0v) is 9.81. The summed E-state index contributed by atoms with van der Waals surface area (Å²) in [7, 11) is 0. The van der Waals surface area contributed by atoms with Gasteiger partial charge in [0.25, 0.3) is 0 Å². The van der Waals surface area contributed by atoms with E-state index in [1.807, 2.05) is 0 Å². The fraction of sp³-hybridized carbons (Fsp3) is 0.286. The lowest BCUT2D eigenvalue weighted by Crippen LogP contribution is -2.39. The van der Waals surface area contributed by atoms with Crippen LogP contribution in [-0.4, -0.2) is 0 Å². The van der Waals surface area contributed by atoms with E-state index in [0.717, 1.165) is 11.8 Å². The number of allylic oxidation sites excluding steroid dienone is 4. The Bertz CT molecular complexity index is 498. The lowest BCUT2D eigenvalue weighted by molar-refractivity contribution is 0.312. The van der Waals surface area contributed by atoms with Crippen LogP contribution in [0.3, 0.4) is 0 Å². The molecule has 5 rings (SSSR count). The topological polar surface area (TPSA) is 0 Å². The molecule has 0 amide bonds. The van der Waals surface area contributed by atoms with Crippen molar-refractivity contribution in [1.82, 2.24) is 0 Å². The van der Waals surface area contributed by atoms with Gasteiger partial charge in [0, 0.05) is 17.8 Å². The summed E-state index contributed by atoms with van der Waals surface area (Å²) >= 11 is 3.68. The van der Waals surface area contributed by atoms with E-state index in [9.17, 15) is 0 Å². The molecule has 0 N–H and O–H groups in total. The number of halogens is 1. The molecule has 0 fully saturated rings. The molecule has 1 heteroatoms. The van der Waals surface area contributed by atoms with Crippen LogP contribution in [0.25, 0.3) is 0 Å². The highest BCUT2D eigenvalue weighted by Crippen LogP contribution is 2.60. The Morgan fingerprint density at radius 2 is 1.60 bits per heavy atom. The third kappa shape index (κ3) is 0.884. The average molecular weight is 259 g/mol. The van der Waals surface area contributed by atoms with Gasteiger partial charge in [-0.15, -0.1) is 0 Å². The van der Waals surface area contributed by atoms with Crippen LogP contribution in [0.1, 0.15) is 23.0 Å². The predicted octanol–water partition coefficient (Wildman–Crippen LogP) is 3.96. The summed E-state index contributed by atoms with van der Waals surface area (Å²) in [5.41, 5.74) is 3.11. The molecule has 0 heterocycles. The van der Waals surface area contributed by atoms with Gasteiger partial charge in [-0.1, -0.05) is 58.4 Å². The van der Waals surface area contributed by atoms with Crippen molar-refractivity contribution >= 4 is 15.9 Å². The minimum absolute atomic E-state index is 0.621. The van der Waals surface area contributed by atoms with Gasteiger partial charge in [0.2, 0.25) is 0 Å². The highest BCUT2D eigenvalue weighted by Gasteiger charge is 2.48. The van der Waals surface area contributed by atoms with Crippen molar-refractivity contribution in [2.45, 2.75) is 11.8 Å². The zero-order valence-electron chi connectivity index (χ0n) is 8.23. The zero-order chi connectivity index (χ0) is 9.99. The van der Waals surface area contributed by atoms with E-state index >= 15 is 0 Å². The first kappa shape index (κ1) is 8.35. The van der Waals surface area contributed by atoms with E-state index < -0.39 is 0 Å². The minimum atomic E-state index is 0.621. The van der Waals surface area contributed by atoms with Gasteiger partial charge in [-0.25, -0.2) is 0 Å². The van der Waals surface area contributed by atoms with E-state index in [4.69, 9.17) is 0 Å². The second-order valence-electron chi connectivity index (χ2n) is 4.72. The van der Waals surface area contributed by atoms with Gasteiger partial charge in [0.15, 0.2) is 0 Å². The molecular formula is C14H11Br. The predicted molar refractivity (Wildman–Crippen MR) is 65.1 cm³/mol. The molecule has 15 heavy (non-hydrogen) atoms. The second-order valence-corrected chi connectivity index (χ2v) is 5.64. The summed E-state index contributed by atoms with van der Waals surface area (Å²) in [5.74, 6) is 2.74. The first-order chi connectivity index (χ1) is 7.36. The van der Waals surface area contributed by atoms with E-state index in [2.05, 4.69) is 58.4 Å². The summed E-state index contributed by atoms with van der Waals surface area (Å²) in [4.78, 5) is 0.